The summed E-state index contributed by atoms with van der Waals surface area (Å²) in [4.78, 5) is 15.3. The highest BCUT2D eigenvalue weighted by atomic mass is 79.9. The Balaban J connectivity index is 2.25. The van der Waals surface area contributed by atoms with Crippen LogP contribution in [0, 0.1) is 5.82 Å². The number of carbonyl (C=O) groups excluding carboxylic acids is 1. The minimum atomic E-state index is -3.88. The van der Waals surface area contributed by atoms with Crippen LogP contribution in [-0.4, -0.2) is 19.3 Å². The van der Waals surface area contributed by atoms with Crippen molar-refractivity contribution in [1.82, 2.24) is 4.98 Å². The van der Waals surface area contributed by atoms with Gasteiger partial charge in [0.2, 0.25) is 0 Å². The van der Waals surface area contributed by atoms with E-state index in [-0.39, 0.29) is 14.9 Å². The van der Waals surface area contributed by atoms with E-state index in [1.807, 2.05) is 0 Å². The van der Waals surface area contributed by atoms with Crippen molar-refractivity contribution in [3.8, 4) is 0 Å². The van der Waals surface area contributed by atoms with Crippen LogP contribution in [0.15, 0.2) is 46.0 Å². The van der Waals surface area contributed by atoms with Crippen molar-refractivity contribution in [1.29, 1.82) is 0 Å². The van der Waals surface area contributed by atoms with E-state index in [9.17, 15) is 17.6 Å². The van der Waals surface area contributed by atoms with Gasteiger partial charge in [-0.2, -0.15) is 0 Å². The van der Waals surface area contributed by atoms with Gasteiger partial charge in [0.25, 0.3) is 15.0 Å². The summed E-state index contributed by atoms with van der Waals surface area (Å²) in [6, 6.07) is 5.02. The minimum absolute atomic E-state index is 0.0418. The molecular formula is C12H7BrClFN2O3S. The van der Waals surface area contributed by atoms with Crippen LogP contribution in [0.4, 0.5) is 10.1 Å². The van der Waals surface area contributed by atoms with Crippen molar-refractivity contribution >= 4 is 47.3 Å². The van der Waals surface area contributed by atoms with E-state index in [1.54, 1.807) is 0 Å². The normalized spacial score (nSPS) is 11.2. The number of anilines is 1. The first-order chi connectivity index (χ1) is 9.77. The third kappa shape index (κ3) is 3.99. The predicted molar refractivity (Wildman–Crippen MR) is 79.3 cm³/mol. The van der Waals surface area contributed by atoms with Gasteiger partial charge in [-0.15, -0.1) is 0 Å². The fourth-order valence-corrected chi connectivity index (χ4v) is 3.74. The maximum Gasteiger partial charge on any atom is 0.262 e. The molecular weight excluding hydrogens is 387 g/mol. The molecule has 1 aromatic heterocycles. The highest BCUT2D eigenvalue weighted by Gasteiger charge is 2.15. The molecule has 1 aromatic carbocycles. The summed E-state index contributed by atoms with van der Waals surface area (Å²) in [6.07, 6.45) is 2.19. The Labute approximate surface area is 132 Å². The molecule has 0 atom stereocenters. The second-order valence-corrected chi connectivity index (χ2v) is 7.32. The van der Waals surface area contributed by atoms with Gasteiger partial charge < -0.3 is 5.32 Å². The van der Waals surface area contributed by atoms with E-state index >= 15 is 0 Å². The first kappa shape index (κ1) is 15.9. The van der Waals surface area contributed by atoms with Crippen molar-refractivity contribution in [2.75, 3.05) is 5.32 Å². The summed E-state index contributed by atoms with van der Waals surface area (Å²) in [5, 5.41) is 2.49. The number of rotatable bonds is 3. The molecule has 1 N–H and O–H groups in total. The molecule has 0 aliphatic carbocycles. The molecule has 0 saturated carbocycles. The molecule has 0 aliphatic heterocycles. The average Bonchev–Trinajstić information content (AvgIpc) is 2.37. The lowest BCUT2D eigenvalue weighted by atomic mass is 10.2. The second kappa shape index (κ2) is 6.08. The van der Waals surface area contributed by atoms with Crippen molar-refractivity contribution in [3.63, 3.8) is 0 Å². The number of nitrogens with zero attached hydrogens (tertiary/aromatic N) is 1. The Kier molecular flexibility index (Phi) is 4.60. The van der Waals surface area contributed by atoms with Crippen LogP contribution in [0.1, 0.15) is 10.4 Å². The van der Waals surface area contributed by atoms with Crippen LogP contribution < -0.4 is 5.32 Å². The zero-order chi connectivity index (χ0) is 15.6. The molecule has 5 nitrogen and oxygen atoms in total. The number of hydrogen-bond donors (Lipinski definition) is 1. The van der Waals surface area contributed by atoms with Gasteiger partial charge in [0.05, 0.1) is 16.7 Å². The van der Waals surface area contributed by atoms with E-state index in [4.69, 9.17) is 10.7 Å². The van der Waals surface area contributed by atoms with E-state index in [0.29, 0.717) is 5.69 Å². The van der Waals surface area contributed by atoms with Crippen LogP contribution in [0.25, 0.3) is 0 Å². The zero-order valence-corrected chi connectivity index (χ0v) is 13.3. The van der Waals surface area contributed by atoms with Crippen LogP contribution in [0.2, 0.25) is 0 Å². The van der Waals surface area contributed by atoms with Crippen molar-refractivity contribution in [2.45, 2.75) is 4.90 Å². The summed E-state index contributed by atoms with van der Waals surface area (Å²) in [5.74, 6) is -1.21. The molecule has 21 heavy (non-hydrogen) atoms. The summed E-state index contributed by atoms with van der Waals surface area (Å²) in [7, 11) is 1.36. The molecule has 9 heteroatoms. The fourth-order valence-electron chi connectivity index (χ4n) is 1.52. The quantitative estimate of drug-likeness (QED) is 0.813. The second-order valence-electron chi connectivity index (χ2n) is 3.93. The Hall–Kier alpha value is -1.51. The molecule has 0 fully saturated rings. The average molecular weight is 394 g/mol. The lowest BCUT2D eigenvalue weighted by Gasteiger charge is -2.07. The third-order valence-electron chi connectivity index (χ3n) is 2.42. The third-order valence-corrected chi connectivity index (χ3v) is 4.72. The lowest BCUT2D eigenvalue weighted by molar-refractivity contribution is 0.102. The number of nitrogens with one attached hydrogen (secondary N) is 1. The van der Waals surface area contributed by atoms with Gasteiger partial charge in [-0.25, -0.2) is 12.8 Å². The smallest absolute Gasteiger partial charge is 0.262 e. The Morgan fingerprint density at radius 1 is 1.29 bits per heavy atom. The van der Waals surface area contributed by atoms with Crippen LogP contribution in [0.3, 0.4) is 0 Å². The molecule has 2 aromatic rings. The minimum Gasteiger partial charge on any atom is -0.322 e. The van der Waals surface area contributed by atoms with E-state index < -0.39 is 20.8 Å². The molecule has 0 unspecified atom stereocenters. The molecule has 1 heterocycles. The Bertz CT molecular complexity index is 814. The van der Waals surface area contributed by atoms with Gasteiger partial charge in [0, 0.05) is 27.0 Å². The summed E-state index contributed by atoms with van der Waals surface area (Å²) >= 11 is 3.05. The number of aromatic nitrogens is 1. The Morgan fingerprint density at radius 3 is 2.57 bits per heavy atom. The van der Waals surface area contributed by atoms with Gasteiger partial charge in [0.1, 0.15) is 5.82 Å². The molecule has 0 spiro atoms. The van der Waals surface area contributed by atoms with Crippen molar-refractivity contribution in [2.24, 2.45) is 0 Å². The lowest BCUT2D eigenvalue weighted by Crippen LogP contribution is -2.12. The summed E-state index contributed by atoms with van der Waals surface area (Å²) < 4.78 is 35.7. The van der Waals surface area contributed by atoms with Gasteiger partial charge in [-0.1, -0.05) is 0 Å². The fraction of sp³-hybridized carbons (Fsp3) is 0. The number of amides is 1. The topological polar surface area (TPSA) is 76.1 Å². The maximum absolute atomic E-state index is 13.0. The van der Waals surface area contributed by atoms with Crippen LogP contribution in [0.5, 0.6) is 0 Å². The zero-order valence-electron chi connectivity index (χ0n) is 10.2. The largest absolute Gasteiger partial charge is 0.322 e. The molecule has 0 aliphatic rings. The highest BCUT2D eigenvalue weighted by molar-refractivity contribution is 9.10. The standard InChI is InChI=1S/C12H7BrClFN2O3S/c13-10-4-9(1-2-11(10)21(14,19)20)17-12(18)7-3-8(15)6-16-5-7/h1-6H,(H,17,18). The SMILES string of the molecule is O=C(Nc1ccc(S(=O)(=O)Cl)c(Br)c1)c1cncc(F)c1. The maximum atomic E-state index is 13.0. The number of halogens is 3. The molecule has 1 amide bonds. The number of benzene rings is 1. The van der Waals surface area contributed by atoms with Crippen molar-refractivity contribution < 1.29 is 17.6 Å². The number of carbonyl (C=O) groups is 1. The summed E-state index contributed by atoms with van der Waals surface area (Å²) in [6.45, 7) is 0. The van der Waals surface area contributed by atoms with Gasteiger partial charge >= 0.3 is 0 Å². The van der Waals surface area contributed by atoms with Crippen molar-refractivity contribution in [3.05, 3.63) is 52.5 Å². The molecule has 0 saturated heterocycles. The molecule has 0 radical (unpaired) electrons. The van der Waals surface area contributed by atoms with E-state index in [1.165, 1.54) is 24.4 Å². The van der Waals surface area contributed by atoms with E-state index in [2.05, 4.69) is 26.2 Å². The highest BCUT2D eigenvalue weighted by Crippen LogP contribution is 2.28. The molecule has 2 rings (SSSR count). The van der Waals surface area contributed by atoms with Crippen LogP contribution >= 0.6 is 26.6 Å². The molecule has 0 bridgehead atoms. The monoisotopic (exact) mass is 392 g/mol. The number of pyridine rings is 1. The number of hydrogen-bond acceptors (Lipinski definition) is 4. The summed E-state index contributed by atoms with van der Waals surface area (Å²) in [5.41, 5.74) is 0.361. The first-order valence-electron chi connectivity index (χ1n) is 5.43. The van der Waals surface area contributed by atoms with Gasteiger partial charge in [-0.05, 0) is 40.2 Å². The van der Waals surface area contributed by atoms with Gasteiger partial charge in [-0.3, -0.25) is 9.78 Å². The van der Waals surface area contributed by atoms with E-state index in [0.717, 1.165) is 12.3 Å². The Morgan fingerprint density at radius 2 is 2.00 bits per heavy atom. The predicted octanol–water partition coefficient (Wildman–Crippen LogP) is 3.16. The first-order valence-corrected chi connectivity index (χ1v) is 8.54. The van der Waals surface area contributed by atoms with Gasteiger partial charge in [0.15, 0.2) is 0 Å². The van der Waals surface area contributed by atoms with Crippen LogP contribution in [-0.2, 0) is 9.05 Å². The molecule has 110 valence electrons.